The van der Waals surface area contributed by atoms with Crippen molar-refractivity contribution in [2.75, 3.05) is 20.1 Å². The number of carbonyl (C=O) groups excluding carboxylic acids is 1. The molecule has 4 heteroatoms. The van der Waals surface area contributed by atoms with E-state index in [2.05, 4.69) is 33.0 Å². The molecular weight excluding hydrogens is 252 g/mol. The highest BCUT2D eigenvalue weighted by Gasteiger charge is 2.20. The Morgan fingerprint density at radius 3 is 2.20 bits per heavy atom. The van der Waals surface area contributed by atoms with E-state index in [1.165, 1.54) is 6.42 Å². The van der Waals surface area contributed by atoms with Crippen LogP contribution in [0.1, 0.15) is 54.9 Å². The average molecular weight is 286 g/mol. The van der Waals surface area contributed by atoms with Gasteiger partial charge in [0.1, 0.15) is 5.60 Å². The lowest BCUT2D eigenvalue weighted by Crippen LogP contribution is -2.40. The summed E-state index contributed by atoms with van der Waals surface area (Å²) in [4.78, 5) is 13.5. The largest absolute Gasteiger partial charge is 0.444 e. The molecular formula is C16H34N2O2. The second-order valence-corrected chi connectivity index (χ2v) is 7.40. The van der Waals surface area contributed by atoms with Crippen molar-refractivity contribution in [3.63, 3.8) is 0 Å². The Morgan fingerprint density at radius 1 is 1.20 bits per heavy atom. The Kier molecular flexibility index (Phi) is 8.17. The summed E-state index contributed by atoms with van der Waals surface area (Å²) in [7, 11) is 1.79. The fourth-order valence-electron chi connectivity index (χ4n) is 2.14. The van der Waals surface area contributed by atoms with E-state index in [4.69, 9.17) is 4.74 Å². The van der Waals surface area contributed by atoms with Gasteiger partial charge in [-0.25, -0.2) is 4.79 Å². The first-order valence-corrected chi connectivity index (χ1v) is 7.68. The van der Waals surface area contributed by atoms with Crippen molar-refractivity contribution in [1.29, 1.82) is 0 Å². The monoisotopic (exact) mass is 286 g/mol. The number of hydrogen-bond donors (Lipinski definition) is 1. The van der Waals surface area contributed by atoms with Gasteiger partial charge in [-0.2, -0.15) is 0 Å². The summed E-state index contributed by atoms with van der Waals surface area (Å²) in [5, 5.41) is 3.53. The number of amides is 1. The van der Waals surface area contributed by atoms with E-state index < -0.39 is 5.60 Å². The zero-order valence-corrected chi connectivity index (χ0v) is 14.6. The third-order valence-corrected chi connectivity index (χ3v) is 2.93. The van der Waals surface area contributed by atoms with Gasteiger partial charge >= 0.3 is 6.09 Å². The third-order valence-electron chi connectivity index (χ3n) is 2.93. The van der Waals surface area contributed by atoms with Crippen LogP contribution >= 0.6 is 0 Å². The van der Waals surface area contributed by atoms with Crippen molar-refractivity contribution in [3.8, 4) is 0 Å². The molecule has 120 valence electrons. The molecule has 0 aliphatic rings. The zero-order chi connectivity index (χ0) is 15.9. The molecule has 2 atom stereocenters. The van der Waals surface area contributed by atoms with E-state index >= 15 is 0 Å². The summed E-state index contributed by atoms with van der Waals surface area (Å²) in [5.74, 6) is 1.11. The molecule has 0 saturated heterocycles. The third kappa shape index (κ3) is 10.1. The molecule has 0 saturated carbocycles. The van der Waals surface area contributed by atoms with E-state index in [1.807, 2.05) is 20.8 Å². The number of nitrogens with zero attached hydrogens (tertiary/aromatic N) is 1. The van der Waals surface area contributed by atoms with Gasteiger partial charge < -0.3 is 15.0 Å². The number of carbonyl (C=O) groups is 1. The topological polar surface area (TPSA) is 41.6 Å². The minimum atomic E-state index is -0.432. The Hall–Kier alpha value is -0.770. The van der Waals surface area contributed by atoms with Gasteiger partial charge in [-0.15, -0.1) is 0 Å². The Morgan fingerprint density at radius 2 is 1.75 bits per heavy atom. The van der Waals surface area contributed by atoms with Gasteiger partial charge in [-0.1, -0.05) is 20.8 Å². The Labute approximate surface area is 125 Å². The molecule has 0 spiro atoms. The summed E-state index contributed by atoms with van der Waals surface area (Å²) in [6.45, 7) is 16.1. The quantitative estimate of drug-likeness (QED) is 0.778. The number of nitrogens with one attached hydrogen (secondary N) is 1. The van der Waals surface area contributed by atoms with Crippen LogP contribution in [0.3, 0.4) is 0 Å². The first-order valence-electron chi connectivity index (χ1n) is 7.68. The number of hydrogen-bond acceptors (Lipinski definition) is 3. The molecule has 0 aromatic rings. The minimum absolute atomic E-state index is 0.250. The molecule has 0 rings (SSSR count). The lowest BCUT2D eigenvalue weighted by atomic mass is 10.0. The maximum atomic E-state index is 11.9. The first kappa shape index (κ1) is 19.2. The number of rotatable bonds is 7. The van der Waals surface area contributed by atoms with Gasteiger partial charge in [-0.3, -0.25) is 0 Å². The molecule has 4 nitrogen and oxygen atoms in total. The predicted octanol–water partition coefficient (Wildman–Crippen LogP) is 3.51. The Balaban J connectivity index is 4.01. The summed E-state index contributed by atoms with van der Waals surface area (Å²) >= 11 is 0. The average Bonchev–Trinajstić information content (AvgIpc) is 2.23. The van der Waals surface area contributed by atoms with Crippen molar-refractivity contribution >= 4 is 6.09 Å². The van der Waals surface area contributed by atoms with Gasteiger partial charge in [0.05, 0.1) is 0 Å². The SMILES string of the molecule is CC(C)CC(C)NCC(C)CN(C)C(=O)OC(C)(C)C. The van der Waals surface area contributed by atoms with E-state index in [9.17, 15) is 4.79 Å². The molecule has 1 amide bonds. The summed E-state index contributed by atoms with van der Waals surface area (Å²) < 4.78 is 5.35. The van der Waals surface area contributed by atoms with Gasteiger partial charge in [0.15, 0.2) is 0 Å². The highest BCUT2D eigenvalue weighted by molar-refractivity contribution is 5.67. The van der Waals surface area contributed by atoms with Gasteiger partial charge in [-0.05, 0) is 52.5 Å². The summed E-state index contributed by atoms with van der Waals surface area (Å²) in [5.41, 5.74) is -0.432. The second-order valence-electron chi connectivity index (χ2n) is 7.40. The summed E-state index contributed by atoms with van der Waals surface area (Å²) in [6.07, 6.45) is 0.925. The maximum absolute atomic E-state index is 11.9. The van der Waals surface area contributed by atoms with Gasteiger partial charge in [0.25, 0.3) is 0 Å². The predicted molar refractivity (Wildman–Crippen MR) is 84.9 cm³/mol. The maximum Gasteiger partial charge on any atom is 0.410 e. The van der Waals surface area contributed by atoms with Crippen molar-refractivity contribution in [2.24, 2.45) is 11.8 Å². The van der Waals surface area contributed by atoms with Crippen molar-refractivity contribution < 1.29 is 9.53 Å². The molecule has 0 bridgehead atoms. The highest BCUT2D eigenvalue weighted by Crippen LogP contribution is 2.10. The molecule has 0 aromatic heterocycles. The minimum Gasteiger partial charge on any atom is -0.444 e. The molecule has 0 aromatic carbocycles. The van der Waals surface area contributed by atoms with E-state index in [0.717, 1.165) is 6.54 Å². The molecule has 0 radical (unpaired) electrons. The van der Waals surface area contributed by atoms with Crippen LogP contribution in [0.25, 0.3) is 0 Å². The van der Waals surface area contributed by atoms with Crippen LogP contribution in [0.5, 0.6) is 0 Å². The lowest BCUT2D eigenvalue weighted by molar-refractivity contribution is 0.0276. The molecule has 2 unspecified atom stereocenters. The normalized spacial score (nSPS) is 15.1. The molecule has 0 aliphatic carbocycles. The fraction of sp³-hybridized carbons (Fsp3) is 0.938. The van der Waals surface area contributed by atoms with Crippen LogP contribution in [0, 0.1) is 11.8 Å². The van der Waals surface area contributed by atoms with Crippen LogP contribution < -0.4 is 5.32 Å². The smallest absolute Gasteiger partial charge is 0.410 e. The lowest BCUT2D eigenvalue weighted by Gasteiger charge is -2.27. The van der Waals surface area contributed by atoms with E-state index in [0.29, 0.717) is 24.4 Å². The molecule has 0 aliphatic heterocycles. The Bertz CT molecular complexity index is 285. The van der Waals surface area contributed by atoms with Crippen LogP contribution in [-0.4, -0.2) is 42.8 Å². The fourth-order valence-corrected chi connectivity index (χ4v) is 2.14. The van der Waals surface area contributed by atoms with Crippen LogP contribution in [0.2, 0.25) is 0 Å². The van der Waals surface area contributed by atoms with E-state index in [1.54, 1.807) is 11.9 Å². The van der Waals surface area contributed by atoms with Gasteiger partial charge in [0, 0.05) is 19.6 Å². The standard InChI is InChI=1S/C16H34N2O2/c1-12(2)9-14(4)17-10-13(3)11-18(8)15(19)20-16(5,6)7/h12-14,17H,9-11H2,1-8H3. The first-order chi connectivity index (χ1) is 9.01. The van der Waals surface area contributed by atoms with Gasteiger partial charge in [0.2, 0.25) is 0 Å². The molecule has 0 heterocycles. The number of ether oxygens (including phenoxy) is 1. The van der Waals surface area contributed by atoms with Crippen LogP contribution in [-0.2, 0) is 4.74 Å². The van der Waals surface area contributed by atoms with Crippen LogP contribution in [0.4, 0.5) is 4.79 Å². The van der Waals surface area contributed by atoms with Crippen molar-refractivity contribution in [3.05, 3.63) is 0 Å². The van der Waals surface area contributed by atoms with Crippen molar-refractivity contribution in [2.45, 2.75) is 66.5 Å². The highest BCUT2D eigenvalue weighted by atomic mass is 16.6. The van der Waals surface area contributed by atoms with E-state index in [-0.39, 0.29) is 6.09 Å². The second kappa shape index (κ2) is 8.50. The van der Waals surface area contributed by atoms with Crippen LogP contribution in [0.15, 0.2) is 0 Å². The molecule has 20 heavy (non-hydrogen) atoms. The molecule has 1 N–H and O–H groups in total. The molecule has 0 fully saturated rings. The zero-order valence-electron chi connectivity index (χ0n) is 14.6. The summed E-state index contributed by atoms with van der Waals surface area (Å²) in [6, 6.07) is 0.518. The van der Waals surface area contributed by atoms with Crippen molar-refractivity contribution in [1.82, 2.24) is 10.2 Å².